The highest BCUT2D eigenvalue weighted by Gasteiger charge is 2.15. The van der Waals surface area contributed by atoms with Crippen molar-refractivity contribution in [1.29, 1.82) is 0 Å². The summed E-state index contributed by atoms with van der Waals surface area (Å²) in [5.74, 6) is 0. The fourth-order valence-corrected chi connectivity index (χ4v) is 3.47. The molecule has 2 aromatic carbocycles. The Balaban J connectivity index is 2.32. The molecule has 2 aromatic rings. The van der Waals surface area contributed by atoms with Gasteiger partial charge in [-0.3, -0.25) is 4.72 Å². The van der Waals surface area contributed by atoms with E-state index in [1.807, 2.05) is 19.1 Å². The molecule has 0 fully saturated rings. The van der Waals surface area contributed by atoms with E-state index >= 15 is 0 Å². The quantitative estimate of drug-likeness (QED) is 0.850. The predicted molar refractivity (Wildman–Crippen MR) is 88.7 cm³/mol. The van der Waals surface area contributed by atoms with Crippen molar-refractivity contribution in [3.63, 3.8) is 0 Å². The Hall–Kier alpha value is -1.37. The van der Waals surface area contributed by atoms with Crippen molar-refractivity contribution in [3.05, 3.63) is 58.1 Å². The van der Waals surface area contributed by atoms with Crippen molar-refractivity contribution in [2.45, 2.75) is 24.8 Å². The van der Waals surface area contributed by atoms with E-state index in [1.54, 1.807) is 30.3 Å². The van der Waals surface area contributed by atoms with Gasteiger partial charge in [0, 0.05) is 11.0 Å². The molecule has 0 amide bonds. The first-order valence-electron chi connectivity index (χ1n) is 6.56. The predicted octanol–water partition coefficient (Wildman–Crippen LogP) is 3.27. The number of sulfonamides is 1. The van der Waals surface area contributed by atoms with Crippen LogP contribution in [0.15, 0.2) is 51.8 Å². The lowest BCUT2D eigenvalue weighted by Crippen LogP contribution is -2.14. The molecule has 0 radical (unpaired) electrons. The number of halogens is 1. The molecule has 3 N–H and O–H groups in total. The van der Waals surface area contributed by atoms with Gasteiger partial charge in [0.15, 0.2) is 0 Å². The summed E-state index contributed by atoms with van der Waals surface area (Å²) in [5.41, 5.74) is 7.95. The summed E-state index contributed by atoms with van der Waals surface area (Å²) in [4.78, 5) is 0.227. The smallest absolute Gasteiger partial charge is 0.261 e. The topological polar surface area (TPSA) is 72.2 Å². The highest BCUT2D eigenvalue weighted by atomic mass is 79.9. The Kier molecular flexibility index (Phi) is 5.03. The number of hydrogen-bond donors (Lipinski definition) is 2. The molecule has 0 unspecified atom stereocenters. The van der Waals surface area contributed by atoms with Crippen molar-refractivity contribution in [3.8, 4) is 0 Å². The third-order valence-corrected chi connectivity index (χ3v) is 5.04. The fourth-order valence-electron chi connectivity index (χ4n) is 1.96. The lowest BCUT2D eigenvalue weighted by atomic mass is 10.1. The molecule has 0 aromatic heterocycles. The van der Waals surface area contributed by atoms with E-state index in [-0.39, 0.29) is 4.90 Å². The molecule has 0 saturated heterocycles. The average Bonchev–Trinajstić information content (AvgIpc) is 2.49. The summed E-state index contributed by atoms with van der Waals surface area (Å²) in [7, 11) is -3.59. The first kappa shape index (κ1) is 16.0. The highest BCUT2D eigenvalue weighted by Crippen LogP contribution is 2.24. The highest BCUT2D eigenvalue weighted by molar-refractivity contribution is 9.10. The van der Waals surface area contributed by atoms with Crippen molar-refractivity contribution < 1.29 is 8.42 Å². The summed E-state index contributed by atoms with van der Waals surface area (Å²) in [6, 6.07) is 12.1. The van der Waals surface area contributed by atoms with E-state index < -0.39 is 10.0 Å². The monoisotopic (exact) mass is 368 g/mol. The van der Waals surface area contributed by atoms with E-state index in [2.05, 4.69) is 20.7 Å². The maximum Gasteiger partial charge on any atom is 0.261 e. The van der Waals surface area contributed by atoms with Crippen molar-refractivity contribution >= 4 is 31.6 Å². The molecule has 0 aliphatic heterocycles. The van der Waals surface area contributed by atoms with E-state index in [0.717, 1.165) is 22.0 Å². The van der Waals surface area contributed by atoms with Gasteiger partial charge in [-0.1, -0.05) is 35.0 Å². The average molecular weight is 369 g/mol. The zero-order chi connectivity index (χ0) is 15.5. The summed E-state index contributed by atoms with van der Waals surface area (Å²) in [6.45, 7) is 2.37. The number of nitrogens with two attached hydrogens (primary N) is 1. The fraction of sp³-hybridized carbons (Fsp3) is 0.200. The number of benzene rings is 2. The molecule has 0 spiro atoms. The van der Waals surface area contributed by atoms with Gasteiger partial charge >= 0.3 is 0 Å². The normalized spacial score (nSPS) is 11.4. The van der Waals surface area contributed by atoms with Gasteiger partial charge in [0.05, 0.1) is 10.6 Å². The standard InChI is InChI=1S/C15H17BrN2O2S/c1-2-12-9-13(16)5-8-15(12)18-21(19,20)14-6-3-11(10-17)4-7-14/h3-9,18H,2,10,17H2,1H3. The molecule has 112 valence electrons. The largest absolute Gasteiger partial charge is 0.326 e. The van der Waals surface area contributed by atoms with Crippen LogP contribution in [0.3, 0.4) is 0 Å². The van der Waals surface area contributed by atoms with Gasteiger partial charge in [-0.05, 0) is 47.9 Å². The van der Waals surface area contributed by atoms with Crippen LogP contribution < -0.4 is 10.5 Å². The Morgan fingerprint density at radius 3 is 2.38 bits per heavy atom. The van der Waals surface area contributed by atoms with Crippen molar-refractivity contribution in [2.24, 2.45) is 5.73 Å². The first-order chi connectivity index (χ1) is 9.96. The molecule has 6 heteroatoms. The maximum atomic E-state index is 12.4. The van der Waals surface area contributed by atoms with Crippen LogP contribution in [0.2, 0.25) is 0 Å². The SMILES string of the molecule is CCc1cc(Br)ccc1NS(=O)(=O)c1ccc(CN)cc1. The maximum absolute atomic E-state index is 12.4. The molecule has 0 heterocycles. The third kappa shape index (κ3) is 3.84. The molecule has 2 rings (SSSR count). The minimum Gasteiger partial charge on any atom is -0.326 e. The van der Waals surface area contributed by atoms with Crippen LogP contribution >= 0.6 is 15.9 Å². The van der Waals surface area contributed by atoms with Gasteiger partial charge in [-0.15, -0.1) is 0 Å². The van der Waals surface area contributed by atoms with Crippen molar-refractivity contribution in [1.82, 2.24) is 0 Å². The Morgan fingerprint density at radius 1 is 1.14 bits per heavy atom. The van der Waals surface area contributed by atoms with Gasteiger partial charge in [0.2, 0.25) is 0 Å². The van der Waals surface area contributed by atoms with Crippen LogP contribution in [0.4, 0.5) is 5.69 Å². The Labute approximate surface area is 133 Å². The molecular formula is C15H17BrN2O2S. The van der Waals surface area contributed by atoms with E-state index in [1.165, 1.54) is 0 Å². The van der Waals surface area contributed by atoms with Crippen LogP contribution in [0.5, 0.6) is 0 Å². The van der Waals surface area contributed by atoms with Gasteiger partial charge in [-0.2, -0.15) is 0 Å². The van der Waals surface area contributed by atoms with Gasteiger partial charge in [0.25, 0.3) is 10.0 Å². The summed E-state index contributed by atoms with van der Waals surface area (Å²) in [5, 5.41) is 0. The Morgan fingerprint density at radius 2 is 1.81 bits per heavy atom. The van der Waals surface area contributed by atoms with E-state index in [9.17, 15) is 8.42 Å². The van der Waals surface area contributed by atoms with E-state index in [0.29, 0.717) is 12.2 Å². The molecule has 21 heavy (non-hydrogen) atoms. The molecule has 0 atom stereocenters. The minimum atomic E-state index is -3.59. The number of aryl methyl sites for hydroxylation is 1. The van der Waals surface area contributed by atoms with Crippen LogP contribution in [-0.4, -0.2) is 8.42 Å². The van der Waals surface area contributed by atoms with Crippen molar-refractivity contribution in [2.75, 3.05) is 4.72 Å². The molecule has 4 nitrogen and oxygen atoms in total. The third-order valence-electron chi connectivity index (χ3n) is 3.16. The molecular weight excluding hydrogens is 352 g/mol. The molecule has 0 aliphatic rings. The van der Waals surface area contributed by atoms with E-state index in [4.69, 9.17) is 5.73 Å². The number of hydrogen-bond acceptors (Lipinski definition) is 3. The summed E-state index contributed by atoms with van der Waals surface area (Å²) in [6.07, 6.45) is 0.739. The van der Waals surface area contributed by atoms with Crippen LogP contribution in [0.1, 0.15) is 18.1 Å². The number of nitrogens with one attached hydrogen (secondary N) is 1. The second-order valence-electron chi connectivity index (χ2n) is 4.61. The number of anilines is 1. The lowest BCUT2D eigenvalue weighted by Gasteiger charge is -2.12. The Bertz CT molecular complexity index is 728. The molecule has 0 aliphatic carbocycles. The second-order valence-corrected chi connectivity index (χ2v) is 7.21. The molecule has 0 bridgehead atoms. The zero-order valence-electron chi connectivity index (χ0n) is 11.6. The zero-order valence-corrected chi connectivity index (χ0v) is 14.0. The minimum absolute atomic E-state index is 0.227. The number of rotatable bonds is 5. The second kappa shape index (κ2) is 6.60. The van der Waals surface area contributed by atoms with Crippen LogP contribution in [0, 0.1) is 0 Å². The van der Waals surface area contributed by atoms with Gasteiger partial charge < -0.3 is 5.73 Å². The van der Waals surface area contributed by atoms with Crippen LogP contribution in [0.25, 0.3) is 0 Å². The lowest BCUT2D eigenvalue weighted by molar-refractivity contribution is 0.601. The summed E-state index contributed by atoms with van der Waals surface area (Å²) >= 11 is 3.39. The van der Waals surface area contributed by atoms with Crippen LogP contribution in [-0.2, 0) is 23.0 Å². The van der Waals surface area contributed by atoms with Gasteiger partial charge in [-0.25, -0.2) is 8.42 Å². The molecule has 0 saturated carbocycles. The first-order valence-corrected chi connectivity index (χ1v) is 8.84. The summed E-state index contributed by atoms with van der Waals surface area (Å²) < 4.78 is 28.4. The van der Waals surface area contributed by atoms with Gasteiger partial charge in [0.1, 0.15) is 0 Å².